The quantitative estimate of drug-likeness (QED) is 0.512. The Hall–Kier alpha value is -3.58. The van der Waals surface area contributed by atoms with Gasteiger partial charge in [0.05, 0.1) is 44.1 Å². The summed E-state index contributed by atoms with van der Waals surface area (Å²) in [6.07, 6.45) is 0.724. The molecule has 0 saturated heterocycles. The lowest BCUT2D eigenvalue weighted by Crippen LogP contribution is -2.44. The topological polar surface area (TPSA) is 82.1 Å². The molecule has 0 fully saturated rings. The molecular weight excluding hydrogens is 482 g/mol. The number of carbonyl (C=O) groups excluding carboxylic acids is 3. The Morgan fingerprint density at radius 1 is 0.917 bits per heavy atom. The predicted molar refractivity (Wildman–Crippen MR) is 136 cm³/mol. The molecule has 8 heteroatoms. The van der Waals surface area contributed by atoms with Gasteiger partial charge in [-0.1, -0.05) is 37.6 Å². The Balaban J connectivity index is 2.11. The van der Waals surface area contributed by atoms with Gasteiger partial charge >= 0.3 is 11.9 Å². The number of benzene rings is 2. The number of ketones is 1. The Kier molecular flexibility index (Phi) is 6.96. The third kappa shape index (κ3) is 4.51. The van der Waals surface area contributed by atoms with Gasteiger partial charge in [0.2, 0.25) is 0 Å². The van der Waals surface area contributed by atoms with Crippen LogP contribution in [-0.2, 0) is 23.9 Å². The van der Waals surface area contributed by atoms with Crippen LogP contribution < -0.4 is 9.64 Å². The zero-order chi connectivity index (χ0) is 26.2. The van der Waals surface area contributed by atoms with Gasteiger partial charge < -0.3 is 19.1 Å². The summed E-state index contributed by atoms with van der Waals surface area (Å²) in [4.78, 5) is 42.0. The zero-order valence-corrected chi connectivity index (χ0v) is 21.6. The third-order valence-corrected chi connectivity index (χ3v) is 6.78. The van der Waals surface area contributed by atoms with Gasteiger partial charge in [-0.2, -0.15) is 0 Å². The van der Waals surface area contributed by atoms with Crippen molar-refractivity contribution >= 4 is 35.0 Å². The number of ether oxygens (including phenoxy) is 3. The number of Topliss-reactive ketones (excluding diaryl/α,β-unsaturated/α-hetero) is 1. The van der Waals surface area contributed by atoms with Gasteiger partial charge in [-0.25, -0.2) is 9.59 Å². The molecule has 1 atom stereocenters. The van der Waals surface area contributed by atoms with Crippen LogP contribution in [0.1, 0.15) is 38.3 Å². The van der Waals surface area contributed by atoms with E-state index in [-0.39, 0.29) is 34.3 Å². The van der Waals surface area contributed by atoms with Gasteiger partial charge in [0.25, 0.3) is 0 Å². The lowest BCUT2D eigenvalue weighted by Gasteiger charge is -2.46. The molecule has 1 aliphatic carbocycles. The van der Waals surface area contributed by atoms with Crippen molar-refractivity contribution in [2.75, 3.05) is 26.2 Å². The number of esters is 2. The van der Waals surface area contributed by atoms with Crippen molar-refractivity contribution in [2.24, 2.45) is 5.41 Å². The van der Waals surface area contributed by atoms with Crippen LogP contribution in [0.3, 0.4) is 0 Å². The first-order chi connectivity index (χ1) is 17.1. The van der Waals surface area contributed by atoms with E-state index in [2.05, 4.69) is 0 Å². The van der Waals surface area contributed by atoms with Crippen LogP contribution in [0, 0.1) is 5.41 Å². The minimum absolute atomic E-state index is 0.0364. The second kappa shape index (κ2) is 9.82. The van der Waals surface area contributed by atoms with Gasteiger partial charge in [-0.15, -0.1) is 0 Å². The van der Waals surface area contributed by atoms with Crippen LogP contribution in [0.25, 0.3) is 0 Å². The Bertz CT molecular complexity index is 1270. The molecule has 0 spiro atoms. The van der Waals surface area contributed by atoms with Crippen molar-refractivity contribution < 1.29 is 28.6 Å². The molecule has 0 amide bonds. The summed E-state index contributed by atoms with van der Waals surface area (Å²) in [6.45, 7) is 4.02. The normalized spacial score (nSPS) is 19.1. The van der Waals surface area contributed by atoms with Crippen LogP contribution in [0.4, 0.5) is 5.69 Å². The fourth-order valence-electron chi connectivity index (χ4n) is 4.98. The summed E-state index contributed by atoms with van der Waals surface area (Å²) in [5, 5.41) is 0.524. The fraction of sp³-hybridized carbons (Fsp3) is 0.321. The number of anilines is 1. The molecule has 0 saturated carbocycles. The smallest absolute Gasteiger partial charge is 0.339 e. The highest BCUT2D eigenvalue weighted by atomic mass is 35.5. The molecule has 36 heavy (non-hydrogen) atoms. The van der Waals surface area contributed by atoms with E-state index in [1.807, 2.05) is 43.0 Å². The van der Waals surface area contributed by atoms with Crippen molar-refractivity contribution in [2.45, 2.75) is 32.7 Å². The van der Waals surface area contributed by atoms with Crippen molar-refractivity contribution in [3.63, 3.8) is 0 Å². The molecule has 1 aliphatic heterocycles. The SMILES string of the molecule is COC(=O)C1=C(C(=O)OC)C(c2ccc(Cl)cc2)N(c2ccc(OC)cc2)C2=C1C(=O)CC(C)(C)C2. The highest BCUT2D eigenvalue weighted by Gasteiger charge is 2.48. The summed E-state index contributed by atoms with van der Waals surface area (Å²) in [5.41, 5.74) is 1.88. The van der Waals surface area contributed by atoms with Crippen LogP contribution in [0.5, 0.6) is 5.75 Å². The lowest BCUT2D eigenvalue weighted by atomic mass is 9.70. The van der Waals surface area contributed by atoms with Crippen LogP contribution in [0.2, 0.25) is 5.02 Å². The van der Waals surface area contributed by atoms with Crippen molar-refractivity contribution in [1.29, 1.82) is 0 Å². The zero-order valence-electron chi connectivity index (χ0n) is 20.9. The third-order valence-electron chi connectivity index (χ3n) is 6.53. The average Bonchev–Trinajstić information content (AvgIpc) is 2.86. The van der Waals surface area contributed by atoms with Gasteiger partial charge in [0.15, 0.2) is 5.78 Å². The van der Waals surface area contributed by atoms with Crippen LogP contribution in [0.15, 0.2) is 70.9 Å². The maximum Gasteiger partial charge on any atom is 0.339 e. The number of hydrogen-bond acceptors (Lipinski definition) is 7. The van der Waals surface area contributed by atoms with Crippen molar-refractivity contribution in [1.82, 2.24) is 0 Å². The van der Waals surface area contributed by atoms with E-state index in [9.17, 15) is 14.4 Å². The number of rotatable bonds is 5. The van der Waals surface area contributed by atoms with E-state index in [0.717, 1.165) is 5.69 Å². The average molecular weight is 510 g/mol. The minimum Gasteiger partial charge on any atom is -0.497 e. The lowest BCUT2D eigenvalue weighted by molar-refractivity contribution is -0.139. The van der Waals surface area contributed by atoms with Crippen LogP contribution >= 0.6 is 11.6 Å². The second-order valence-electron chi connectivity index (χ2n) is 9.56. The van der Waals surface area contributed by atoms with E-state index in [0.29, 0.717) is 28.5 Å². The highest BCUT2D eigenvalue weighted by molar-refractivity contribution is 6.30. The number of carbonyl (C=O) groups is 3. The molecule has 2 aromatic carbocycles. The molecule has 7 nitrogen and oxygen atoms in total. The first-order valence-corrected chi connectivity index (χ1v) is 11.9. The fourth-order valence-corrected chi connectivity index (χ4v) is 5.11. The molecule has 0 aromatic heterocycles. The summed E-state index contributed by atoms with van der Waals surface area (Å²) >= 11 is 6.17. The molecular formula is C28H28ClNO6. The van der Waals surface area contributed by atoms with E-state index in [1.54, 1.807) is 31.4 Å². The molecule has 0 N–H and O–H groups in total. The highest BCUT2D eigenvalue weighted by Crippen LogP contribution is 2.51. The summed E-state index contributed by atoms with van der Waals surface area (Å²) in [5.74, 6) is -1.05. The minimum atomic E-state index is -0.780. The molecule has 4 rings (SSSR count). The van der Waals surface area contributed by atoms with Crippen molar-refractivity contribution in [3.8, 4) is 5.75 Å². The number of methoxy groups -OCH3 is 3. The standard InChI is InChI=1S/C28H28ClNO6/c1-28(2)14-20-22(21(31)15-28)23(26(32)35-4)24(27(33)36-5)25(16-6-8-17(29)9-7-16)30(20)18-10-12-19(34-3)13-11-18/h6-13,25H,14-15H2,1-5H3. The van der Waals surface area contributed by atoms with Crippen molar-refractivity contribution in [3.05, 3.63) is 81.5 Å². The largest absolute Gasteiger partial charge is 0.497 e. The second-order valence-corrected chi connectivity index (χ2v) is 9.99. The molecule has 2 aliphatic rings. The molecule has 1 heterocycles. The molecule has 0 bridgehead atoms. The van der Waals surface area contributed by atoms with Crippen LogP contribution in [-0.4, -0.2) is 39.1 Å². The van der Waals surface area contributed by atoms with Gasteiger partial charge in [-0.3, -0.25) is 4.79 Å². The molecule has 1 unspecified atom stereocenters. The van der Waals surface area contributed by atoms with E-state index >= 15 is 0 Å². The Morgan fingerprint density at radius 2 is 1.53 bits per heavy atom. The van der Waals surface area contributed by atoms with Gasteiger partial charge in [-0.05, 0) is 53.8 Å². The van der Waals surface area contributed by atoms with E-state index in [4.69, 9.17) is 25.8 Å². The Morgan fingerprint density at radius 3 is 2.08 bits per heavy atom. The Labute approximate surface area is 215 Å². The first-order valence-electron chi connectivity index (χ1n) is 11.5. The maximum absolute atomic E-state index is 13.6. The molecule has 188 valence electrons. The number of halogens is 1. The molecule has 2 aromatic rings. The first kappa shape index (κ1) is 25.5. The van der Waals surface area contributed by atoms with Gasteiger partial charge in [0, 0.05) is 22.8 Å². The van der Waals surface area contributed by atoms with E-state index < -0.39 is 18.0 Å². The van der Waals surface area contributed by atoms with E-state index in [1.165, 1.54) is 14.2 Å². The monoisotopic (exact) mass is 509 g/mol. The number of allylic oxidation sites excluding steroid dienone is 1. The van der Waals surface area contributed by atoms with Gasteiger partial charge in [0.1, 0.15) is 5.75 Å². The number of nitrogens with zero attached hydrogens (tertiary/aromatic N) is 1. The predicted octanol–water partition coefficient (Wildman–Crippen LogP) is 5.20. The summed E-state index contributed by atoms with van der Waals surface area (Å²) in [6, 6.07) is 13.6. The maximum atomic E-state index is 13.6. The summed E-state index contributed by atoms with van der Waals surface area (Å²) in [7, 11) is 4.06. The number of hydrogen-bond donors (Lipinski definition) is 0. The summed E-state index contributed by atoms with van der Waals surface area (Å²) < 4.78 is 15.6. The molecule has 0 radical (unpaired) electrons.